The summed E-state index contributed by atoms with van der Waals surface area (Å²) in [6, 6.07) is 2.94. The lowest BCUT2D eigenvalue weighted by molar-refractivity contribution is -0.124. The monoisotopic (exact) mass is 457 g/mol. The first-order valence-corrected chi connectivity index (χ1v) is 11.4. The lowest BCUT2D eigenvalue weighted by Gasteiger charge is -2.30. The van der Waals surface area contributed by atoms with Crippen LogP contribution >= 0.6 is 22.9 Å². The number of benzene rings is 1. The van der Waals surface area contributed by atoms with Crippen molar-refractivity contribution >= 4 is 46.3 Å². The molecule has 0 radical (unpaired) electrons. The number of carbonyl (C=O) groups is 3. The van der Waals surface area contributed by atoms with Crippen LogP contribution in [-0.4, -0.2) is 28.7 Å². The summed E-state index contributed by atoms with van der Waals surface area (Å²) in [6.45, 7) is 8.43. The maximum atomic E-state index is 12.9. The van der Waals surface area contributed by atoms with Crippen molar-refractivity contribution in [3.63, 3.8) is 0 Å². The molecular formula is C23H24ClN3O3S. The maximum Gasteiger partial charge on any atom is 0.319 e. The van der Waals surface area contributed by atoms with Crippen LogP contribution in [0.2, 0.25) is 5.02 Å². The number of carbonyl (C=O) groups excluding carboxylic acids is 3. The Morgan fingerprint density at radius 3 is 2.81 bits per heavy atom. The van der Waals surface area contributed by atoms with Gasteiger partial charge in [0.2, 0.25) is 0 Å². The van der Waals surface area contributed by atoms with Crippen LogP contribution in [0.15, 0.2) is 29.7 Å². The molecule has 31 heavy (non-hydrogen) atoms. The molecule has 6 nitrogen and oxygen atoms in total. The second-order valence-corrected chi connectivity index (χ2v) is 9.46. The minimum atomic E-state index is -0.379. The number of urea groups is 1. The van der Waals surface area contributed by atoms with Gasteiger partial charge in [-0.2, -0.15) is 0 Å². The predicted octanol–water partition coefficient (Wildman–Crippen LogP) is 4.97. The number of amides is 3. The van der Waals surface area contributed by atoms with Crippen molar-refractivity contribution in [1.82, 2.24) is 10.2 Å². The number of halogens is 1. The van der Waals surface area contributed by atoms with Crippen molar-refractivity contribution in [2.24, 2.45) is 0 Å². The number of nitrogens with zero attached hydrogens (tertiary/aromatic N) is 1. The van der Waals surface area contributed by atoms with Crippen molar-refractivity contribution < 1.29 is 14.4 Å². The molecule has 3 amide bonds. The van der Waals surface area contributed by atoms with Gasteiger partial charge in [0.1, 0.15) is 0 Å². The number of ketones is 1. The van der Waals surface area contributed by atoms with Crippen molar-refractivity contribution in [2.75, 3.05) is 5.32 Å². The fraction of sp³-hybridized carbons (Fsp3) is 0.348. The van der Waals surface area contributed by atoms with E-state index in [1.807, 2.05) is 25.3 Å². The molecule has 8 heteroatoms. The molecule has 1 aromatic heterocycles. The first-order valence-electron chi connectivity index (χ1n) is 10.2. The minimum Gasteiger partial charge on any atom is -0.334 e. The van der Waals surface area contributed by atoms with Gasteiger partial charge in [0.15, 0.2) is 5.78 Å². The van der Waals surface area contributed by atoms with Gasteiger partial charge in [0.05, 0.1) is 10.9 Å². The number of thiophene rings is 1. The summed E-state index contributed by atoms with van der Waals surface area (Å²) in [6.07, 6.45) is 1.75. The highest BCUT2D eigenvalue weighted by Crippen LogP contribution is 2.35. The summed E-state index contributed by atoms with van der Waals surface area (Å²) < 4.78 is 0. The van der Waals surface area contributed by atoms with Crippen LogP contribution in [0.4, 0.5) is 10.5 Å². The van der Waals surface area contributed by atoms with Crippen LogP contribution in [0.5, 0.6) is 0 Å². The fourth-order valence-corrected chi connectivity index (χ4v) is 5.34. The SMILES string of the molecule is C=C1CCC(N2Cc3c(CNC(=O)Nc4cc(Cl)c(C)cc4C)csc3C2=O)C(=O)C1. The average Bonchev–Trinajstić information content (AvgIpc) is 3.25. The summed E-state index contributed by atoms with van der Waals surface area (Å²) >= 11 is 7.53. The van der Waals surface area contributed by atoms with Crippen LogP contribution < -0.4 is 10.6 Å². The number of Topliss-reactive ketones (excluding diaryl/α,β-unsaturated/α-hetero) is 1. The molecule has 1 unspecified atom stereocenters. The molecule has 2 heterocycles. The Labute approximate surface area is 190 Å². The summed E-state index contributed by atoms with van der Waals surface area (Å²) in [7, 11) is 0. The number of fused-ring (bicyclic) bond motifs is 1. The zero-order chi connectivity index (χ0) is 22.3. The summed E-state index contributed by atoms with van der Waals surface area (Å²) in [4.78, 5) is 40.0. The quantitative estimate of drug-likeness (QED) is 0.636. The van der Waals surface area contributed by atoms with Crippen molar-refractivity contribution in [3.8, 4) is 0 Å². The molecule has 0 saturated heterocycles. The van der Waals surface area contributed by atoms with E-state index in [2.05, 4.69) is 17.2 Å². The third kappa shape index (κ3) is 4.25. The number of hydrogen-bond acceptors (Lipinski definition) is 4. The number of rotatable bonds is 4. The van der Waals surface area contributed by atoms with Gasteiger partial charge in [-0.1, -0.05) is 29.8 Å². The van der Waals surface area contributed by atoms with E-state index in [0.29, 0.717) is 41.5 Å². The summed E-state index contributed by atoms with van der Waals surface area (Å²) in [5.74, 6) is -0.0302. The Hall–Kier alpha value is -2.64. The maximum absolute atomic E-state index is 12.9. The van der Waals surface area contributed by atoms with Gasteiger partial charge in [-0.15, -0.1) is 11.3 Å². The normalized spacial score (nSPS) is 18.4. The van der Waals surface area contributed by atoms with Crippen molar-refractivity contribution in [3.05, 3.63) is 61.8 Å². The van der Waals surface area contributed by atoms with E-state index >= 15 is 0 Å². The van der Waals surface area contributed by atoms with E-state index in [4.69, 9.17) is 11.6 Å². The van der Waals surface area contributed by atoms with Crippen LogP contribution in [0.3, 0.4) is 0 Å². The van der Waals surface area contributed by atoms with Gasteiger partial charge in [0, 0.05) is 35.8 Å². The average molecular weight is 458 g/mol. The van der Waals surface area contributed by atoms with E-state index in [1.165, 1.54) is 11.3 Å². The smallest absolute Gasteiger partial charge is 0.319 e. The zero-order valence-corrected chi connectivity index (χ0v) is 19.1. The van der Waals surface area contributed by atoms with Crippen LogP contribution in [0.1, 0.15) is 51.2 Å². The topological polar surface area (TPSA) is 78.5 Å². The lowest BCUT2D eigenvalue weighted by Crippen LogP contribution is -2.43. The van der Waals surface area contributed by atoms with Crippen LogP contribution in [0.25, 0.3) is 0 Å². The Morgan fingerprint density at radius 2 is 2.06 bits per heavy atom. The molecule has 2 aromatic rings. The van der Waals surface area contributed by atoms with E-state index in [-0.39, 0.29) is 23.8 Å². The highest BCUT2D eigenvalue weighted by Gasteiger charge is 2.39. The van der Waals surface area contributed by atoms with Gasteiger partial charge in [-0.3, -0.25) is 9.59 Å². The molecule has 0 spiro atoms. The fourth-order valence-electron chi connectivity index (χ4n) is 4.13. The third-order valence-electron chi connectivity index (χ3n) is 5.90. The molecule has 2 N–H and O–H groups in total. The number of aryl methyl sites for hydroxylation is 2. The Balaban J connectivity index is 1.40. The molecular weight excluding hydrogens is 434 g/mol. The van der Waals surface area contributed by atoms with Gasteiger partial charge in [-0.25, -0.2) is 4.79 Å². The van der Waals surface area contributed by atoms with Crippen molar-refractivity contribution in [1.29, 1.82) is 0 Å². The van der Waals surface area contributed by atoms with Gasteiger partial charge >= 0.3 is 6.03 Å². The Bertz CT molecular complexity index is 1110. The molecule has 1 aliphatic heterocycles. The first kappa shape index (κ1) is 21.6. The molecule has 4 rings (SSSR count). The van der Waals surface area contributed by atoms with E-state index in [0.717, 1.165) is 34.2 Å². The van der Waals surface area contributed by atoms with Crippen molar-refractivity contribution in [2.45, 2.75) is 52.2 Å². The molecule has 0 bridgehead atoms. The molecule has 162 valence electrons. The second-order valence-electron chi connectivity index (χ2n) is 8.17. The lowest BCUT2D eigenvalue weighted by atomic mass is 9.90. The summed E-state index contributed by atoms with van der Waals surface area (Å²) in [5, 5.41) is 8.17. The highest BCUT2D eigenvalue weighted by atomic mass is 35.5. The summed E-state index contributed by atoms with van der Waals surface area (Å²) in [5.41, 5.74) is 5.27. The number of anilines is 1. The third-order valence-corrected chi connectivity index (χ3v) is 7.37. The largest absolute Gasteiger partial charge is 0.334 e. The van der Waals surface area contributed by atoms with Gasteiger partial charge in [-0.05, 0) is 54.8 Å². The van der Waals surface area contributed by atoms with E-state index < -0.39 is 0 Å². The van der Waals surface area contributed by atoms with Gasteiger partial charge in [0.25, 0.3) is 5.91 Å². The first-order chi connectivity index (χ1) is 14.7. The number of allylic oxidation sites excluding steroid dienone is 1. The standard InChI is InChI=1S/C23H24ClN3O3S/c1-12-4-5-19(20(28)6-12)27-10-16-15(11-31-21(16)22(27)29)9-25-23(30)26-18-8-17(24)13(2)7-14(18)3/h7-8,11,19H,1,4-6,9-10H2,2-3H3,(H2,25,26,30). The second kappa shape index (κ2) is 8.48. The molecule has 2 aliphatic rings. The number of hydrogen-bond donors (Lipinski definition) is 2. The predicted molar refractivity (Wildman–Crippen MR) is 123 cm³/mol. The van der Waals surface area contributed by atoms with Gasteiger partial charge < -0.3 is 15.5 Å². The Morgan fingerprint density at radius 1 is 1.29 bits per heavy atom. The molecule has 1 saturated carbocycles. The van der Waals surface area contributed by atoms with Crippen LogP contribution in [-0.2, 0) is 17.9 Å². The molecule has 1 atom stereocenters. The van der Waals surface area contributed by atoms with E-state index in [1.54, 1.807) is 11.0 Å². The Kier molecular flexibility index (Phi) is 5.90. The zero-order valence-electron chi connectivity index (χ0n) is 17.5. The van der Waals surface area contributed by atoms with E-state index in [9.17, 15) is 14.4 Å². The molecule has 1 aromatic carbocycles. The highest BCUT2D eigenvalue weighted by molar-refractivity contribution is 7.12. The molecule has 1 aliphatic carbocycles. The minimum absolute atomic E-state index is 0.0611. The molecule has 1 fully saturated rings. The number of nitrogens with one attached hydrogen (secondary N) is 2. The van der Waals surface area contributed by atoms with Crippen LogP contribution in [0, 0.1) is 13.8 Å².